The van der Waals surface area contributed by atoms with Gasteiger partial charge in [0, 0.05) is 19.4 Å². The highest BCUT2D eigenvalue weighted by Gasteiger charge is 2.17. The van der Waals surface area contributed by atoms with Crippen LogP contribution >= 0.6 is 0 Å². The van der Waals surface area contributed by atoms with Crippen LogP contribution < -0.4 is 0 Å². The highest BCUT2D eigenvalue weighted by atomic mass is 16.5. The number of ether oxygens (including phenoxy) is 2. The lowest BCUT2D eigenvalue weighted by molar-refractivity contribution is -0.148. The first-order valence-electron chi connectivity index (χ1n) is 5.10. The van der Waals surface area contributed by atoms with Crippen LogP contribution in [0.15, 0.2) is 0 Å². The van der Waals surface area contributed by atoms with Crippen LogP contribution in [0.1, 0.15) is 39.0 Å². The van der Waals surface area contributed by atoms with E-state index < -0.39 is 0 Å². The van der Waals surface area contributed by atoms with E-state index in [-0.39, 0.29) is 12.1 Å². The number of cyclic esters (lactones) is 1. The zero-order valence-corrected chi connectivity index (χ0v) is 8.25. The third kappa shape index (κ3) is 4.27. The first-order chi connectivity index (χ1) is 6.33. The van der Waals surface area contributed by atoms with Gasteiger partial charge in [-0.15, -0.1) is 0 Å². The largest absolute Gasteiger partial charge is 0.462 e. The van der Waals surface area contributed by atoms with E-state index in [1.807, 2.05) is 6.92 Å². The highest BCUT2D eigenvalue weighted by Crippen LogP contribution is 2.16. The Morgan fingerprint density at radius 2 is 2.38 bits per heavy atom. The van der Waals surface area contributed by atoms with Gasteiger partial charge in [-0.25, -0.2) is 0 Å². The average Bonchev–Trinajstić information content (AvgIpc) is 2.31. The van der Waals surface area contributed by atoms with Gasteiger partial charge in [0.1, 0.15) is 6.10 Å². The van der Waals surface area contributed by atoms with Crippen molar-refractivity contribution in [2.45, 2.75) is 45.1 Å². The van der Waals surface area contributed by atoms with Crippen LogP contribution in [0, 0.1) is 0 Å². The summed E-state index contributed by atoms with van der Waals surface area (Å²) in [5.41, 5.74) is 0. The first kappa shape index (κ1) is 10.5. The molecule has 0 N–H and O–H groups in total. The van der Waals surface area contributed by atoms with E-state index >= 15 is 0 Å². The smallest absolute Gasteiger partial charge is 0.306 e. The first-order valence-corrected chi connectivity index (χ1v) is 5.10. The quantitative estimate of drug-likeness (QED) is 0.497. The fourth-order valence-electron chi connectivity index (χ4n) is 1.51. The second-order valence-corrected chi connectivity index (χ2v) is 3.34. The predicted molar refractivity (Wildman–Crippen MR) is 49.5 cm³/mol. The Morgan fingerprint density at radius 3 is 3.15 bits per heavy atom. The van der Waals surface area contributed by atoms with Gasteiger partial charge in [-0.3, -0.25) is 4.79 Å². The minimum absolute atomic E-state index is 0.0426. The Kier molecular flexibility index (Phi) is 4.83. The summed E-state index contributed by atoms with van der Waals surface area (Å²) in [5.74, 6) is -0.0426. The highest BCUT2D eigenvalue weighted by molar-refractivity contribution is 5.69. The molecule has 3 heteroatoms. The van der Waals surface area contributed by atoms with Gasteiger partial charge in [0.25, 0.3) is 0 Å². The molecule has 0 amide bonds. The molecule has 0 unspecified atom stereocenters. The van der Waals surface area contributed by atoms with Crippen molar-refractivity contribution in [3.05, 3.63) is 0 Å². The summed E-state index contributed by atoms with van der Waals surface area (Å²) >= 11 is 0. The molecule has 1 saturated heterocycles. The van der Waals surface area contributed by atoms with Gasteiger partial charge in [0.05, 0.1) is 6.61 Å². The van der Waals surface area contributed by atoms with Crippen molar-refractivity contribution < 1.29 is 14.3 Å². The fraction of sp³-hybridized carbons (Fsp3) is 0.900. The van der Waals surface area contributed by atoms with E-state index in [4.69, 9.17) is 9.47 Å². The van der Waals surface area contributed by atoms with Gasteiger partial charge < -0.3 is 9.47 Å². The number of esters is 1. The molecule has 1 rings (SSSR count). The van der Waals surface area contributed by atoms with Crippen molar-refractivity contribution in [2.24, 2.45) is 0 Å². The maximum atomic E-state index is 11.1. The molecular formula is C10H18O3. The molecule has 0 aromatic carbocycles. The molecule has 13 heavy (non-hydrogen) atoms. The molecule has 76 valence electrons. The van der Waals surface area contributed by atoms with E-state index in [0.29, 0.717) is 13.0 Å². The maximum Gasteiger partial charge on any atom is 0.306 e. The standard InChI is InChI=1S/C10H18O3/c1-2-12-8-7-9-5-3-4-6-10(11)13-9/h9H,2-8H2,1H3/t9-/m0/s1. The molecule has 0 bridgehead atoms. The minimum atomic E-state index is -0.0426. The summed E-state index contributed by atoms with van der Waals surface area (Å²) in [6.45, 7) is 3.41. The Bertz CT molecular complexity index is 156. The lowest BCUT2D eigenvalue weighted by atomic mass is 10.1. The van der Waals surface area contributed by atoms with Crippen molar-refractivity contribution in [1.82, 2.24) is 0 Å². The Labute approximate surface area is 79.4 Å². The van der Waals surface area contributed by atoms with Crippen LogP contribution in [-0.4, -0.2) is 25.3 Å². The zero-order chi connectivity index (χ0) is 9.52. The number of hydrogen-bond acceptors (Lipinski definition) is 3. The molecule has 0 spiro atoms. The predicted octanol–water partition coefficient (Wildman–Crippen LogP) is 1.90. The van der Waals surface area contributed by atoms with Gasteiger partial charge in [-0.05, 0) is 26.2 Å². The number of carbonyl (C=O) groups is 1. The van der Waals surface area contributed by atoms with Crippen molar-refractivity contribution in [3.8, 4) is 0 Å². The monoisotopic (exact) mass is 186 g/mol. The van der Waals surface area contributed by atoms with Crippen molar-refractivity contribution in [1.29, 1.82) is 0 Å². The summed E-state index contributed by atoms with van der Waals surface area (Å²) < 4.78 is 10.5. The number of rotatable bonds is 4. The molecule has 0 saturated carbocycles. The van der Waals surface area contributed by atoms with E-state index in [0.717, 1.165) is 32.3 Å². The summed E-state index contributed by atoms with van der Waals surface area (Å²) in [5, 5.41) is 0. The van der Waals surface area contributed by atoms with Crippen LogP contribution in [-0.2, 0) is 14.3 Å². The normalized spacial score (nSPS) is 23.8. The van der Waals surface area contributed by atoms with Crippen molar-refractivity contribution >= 4 is 5.97 Å². The van der Waals surface area contributed by atoms with Crippen LogP contribution in [0.25, 0.3) is 0 Å². The van der Waals surface area contributed by atoms with E-state index in [1.165, 1.54) is 0 Å². The molecule has 0 radical (unpaired) electrons. The molecule has 1 fully saturated rings. The summed E-state index contributed by atoms with van der Waals surface area (Å²) in [7, 11) is 0. The molecule has 0 aromatic rings. The molecule has 1 atom stereocenters. The summed E-state index contributed by atoms with van der Waals surface area (Å²) in [6.07, 6.45) is 4.61. The second kappa shape index (κ2) is 5.97. The summed E-state index contributed by atoms with van der Waals surface area (Å²) in [6, 6.07) is 0. The van der Waals surface area contributed by atoms with Gasteiger partial charge in [-0.2, -0.15) is 0 Å². The van der Waals surface area contributed by atoms with Gasteiger partial charge in [0.2, 0.25) is 0 Å². The molecule has 0 aliphatic carbocycles. The molecule has 1 heterocycles. The van der Waals surface area contributed by atoms with E-state index in [2.05, 4.69) is 0 Å². The van der Waals surface area contributed by atoms with Gasteiger partial charge in [0.15, 0.2) is 0 Å². The van der Waals surface area contributed by atoms with Crippen LogP contribution in [0.5, 0.6) is 0 Å². The minimum Gasteiger partial charge on any atom is -0.462 e. The van der Waals surface area contributed by atoms with Gasteiger partial charge >= 0.3 is 5.97 Å². The average molecular weight is 186 g/mol. The lowest BCUT2D eigenvalue weighted by Gasteiger charge is -2.14. The van der Waals surface area contributed by atoms with Gasteiger partial charge in [-0.1, -0.05) is 0 Å². The third-order valence-electron chi connectivity index (χ3n) is 2.24. The third-order valence-corrected chi connectivity index (χ3v) is 2.24. The van der Waals surface area contributed by atoms with E-state index in [1.54, 1.807) is 0 Å². The Hall–Kier alpha value is -0.570. The Morgan fingerprint density at radius 1 is 1.54 bits per heavy atom. The summed E-state index contributed by atoms with van der Waals surface area (Å²) in [4.78, 5) is 11.1. The number of carbonyl (C=O) groups excluding carboxylic acids is 1. The second-order valence-electron chi connectivity index (χ2n) is 3.34. The molecule has 3 nitrogen and oxygen atoms in total. The zero-order valence-electron chi connectivity index (χ0n) is 8.25. The molecule has 1 aliphatic heterocycles. The Balaban J connectivity index is 2.19. The lowest BCUT2D eigenvalue weighted by Crippen LogP contribution is -2.17. The fourth-order valence-corrected chi connectivity index (χ4v) is 1.51. The van der Waals surface area contributed by atoms with Crippen molar-refractivity contribution in [3.63, 3.8) is 0 Å². The SMILES string of the molecule is CCOCC[C@@H]1CCCCC(=O)O1. The van der Waals surface area contributed by atoms with Crippen LogP contribution in [0.4, 0.5) is 0 Å². The molecular weight excluding hydrogens is 168 g/mol. The molecule has 1 aliphatic rings. The van der Waals surface area contributed by atoms with Crippen LogP contribution in [0.2, 0.25) is 0 Å². The maximum absolute atomic E-state index is 11.1. The van der Waals surface area contributed by atoms with Crippen LogP contribution in [0.3, 0.4) is 0 Å². The molecule has 0 aromatic heterocycles. The topological polar surface area (TPSA) is 35.5 Å². The number of hydrogen-bond donors (Lipinski definition) is 0. The van der Waals surface area contributed by atoms with E-state index in [9.17, 15) is 4.79 Å². The van der Waals surface area contributed by atoms with Crippen molar-refractivity contribution in [2.75, 3.05) is 13.2 Å².